The van der Waals surface area contributed by atoms with Crippen LogP contribution in [0.2, 0.25) is 0 Å². The molecule has 0 fully saturated rings. The largest absolute Gasteiger partial charge is 0.575 e. The van der Waals surface area contributed by atoms with Crippen molar-refractivity contribution in [3.8, 4) is 0 Å². The molecule has 6 heavy (non-hydrogen) atoms. The van der Waals surface area contributed by atoms with Crippen LogP contribution in [0.25, 0.3) is 4.84 Å². The van der Waals surface area contributed by atoms with Crippen molar-refractivity contribution in [1.82, 2.24) is 0 Å². The van der Waals surface area contributed by atoms with Crippen molar-refractivity contribution in [2.75, 3.05) is 6.54 Å². The topological polar surface area (TPSA) is 14.1 Å². The summed E-state index contributed by atoms with van der Waals surface area (Å²) in [6.07, 6.45) is 2.29. The number of halogens is 1. The summed E-state index contributed by atoms with van der Waals surface area (Å²) in [4.78, 5) is 3.40. The average molecular weight is 107 g/mol. The van der Waals surface area contributed by atoms with Gasteiger partial charge in [-0.15, -0.1) is 6.54 Å². The number of nitrogens with zero attached hydrogens (tertiary/aromatic N) is 1. The zero-order valence-electron chi connectivity index (χ0n) is 3.95. The lowest BCUT2D eigenvalue weighted by Crippen LogP contribution is -1.72. The Morgan fingerprint density at radius 2 is 2.33 bits per heavy atom. The fourth-order valence-corrected chi connectivity index (χ4v) is 0.337. The first-order chi connectivity index (χ1) is 2.91. The van der Waals surface area contributed by atoms with E-state index in [1.54, 1.807) is 0 Å². The van der Waals surface area contributed by atoms with Gasteiger partial charge in [-0.25, -0.2) is 0 Å². The predicted octanol–water partition coefficient (Wildman–Crippen LogP) is 2.31. The molecule has 0 heterocycles. The SMILES string of the molecule is CCCC[N-]Cl. The summed E-state index contributed by atoms with van der Waals surface area (Å²) in [5.74, 6) is 0. The Kier molecular flexibility index (Phi) is 5.47. The number of hydrogen-bond donors (Lipinski definition) is 0. The van der Waals surface area contributed by atoms with Gasteiger partial charge >= 0.3 is 0 Å². The molecule has 0 radical (unpaired) electrons. The summed E-state index contributed by atoms with van der Waals surface area (Å²) in [5, 5.41) is 0. The zero-order chi connectivity index (χ0) is 4.83. The van der Waals surface area contributed by atoms with Crippen LogP contribution in [0.5, 0.6) is 0 Å². The molecule has 0 N–H and O–H groups in total. The maximum Gasteiger partial charge on any atom is -0.0578 e. The summed E-state index contributed by atoms with van der Waals surface area (Å²) in [7, 11) is 0. The number of rotatable bonds is 3. The molecule has 0 atom stereocenters. The molecule has 0 aliphatic rings. The highest BCUT2D eigenvalue weighted by atomic mass is 35.5. The predicted molar refractivity (Wildman–Crippen MR) is 29.0 cm³/mol. The van der Waals surface area contributed by atoms with Crippen LogP contribution in [-0.2, 0) is 0 Å². The maximum atomic E-state index is 5.01. The zero-order valence-corrected chi connectivity index (χ0v) is 4.70. The van der Waals surface area contributed by atoms with Crippen LogP contribution in [0.3, 0.4) is 0 Å². The molecule has 0 amide bonds. The van der Waals surface area contributed by atoms with Crippen molar-refractivity contribution in [2.45, 2.75) is 19.8 Å². The molecule has 0 spiro atoms. The van der Waals surface area contributed by atoms with E-state index < -0.39 is 0 Å². The van der Waals surface area contributed by atoms with Gasteiger partial charge in [0.05, 0.1) is 0 Å². The fraction of sp³-hybridized carbons (Fsp3) is 1.00. The van der Waals surface area contributed by atoms with Crippen LogP contribution in [0.1, 0.15) is 19.8 Å². The standard InChI is InChI=1S/C4H9ClN/c1-2-3-4-6-5/h2-4H2,1H3/q-1. The van der Waals surface area contributed by atoms with Crippen molar-refractivity contribution in [2.24, 2.45) is 0 Å². The summed E-state index contributed by atoms with van der Waals surface area (Å²) in [6.45, 7) is 2.92. The molecule has 0 aromatic carbocycles. The Morgan fingerprint density at radius 3 is 2.50 bits per heavy atom. The van der Waals surface area contributed by atoms with Gasteiger partial charge in [0.1, 0.15) is 0 Å². The Labute approximate surface area is 43.8 Å². The van der Waals surface area contributed by atoms with Gasteiger partial charge in [-0.1, -0.05) is 19.8 Å². The molecule has 1 nitrogen and oxygen atoms in total. The molecule has 38 valence electrons. The average Bonchev–Trinajstić information content (AvgIpc) is 1.61. The normalized spacial score (nSPS) is 9.00. The molecular weight excluding hydrogens is 97.5 g/mol. The van der Waals surface area contributed by atoms with Gasteiger partial charge in [-0.05, 0) is 0 Å². The molecule has 0 saturated heterocycles. The van der Waals surface area contributed by atoms with Crippen molar-refractivity contribution < 1.29 is 0 Å². The third kappa shape index (κ3) is 4.25. The first kappa shape index (κ1) is 6.25. The Morgan fingerprint density at radius 1 is 1.67 bits per heavy atom. The van der Waals surface area contributed by atoms with E-state index in [-0.39, 0.29) is 0 Å². The number of unbranched alkanes of at least 4 members (excludes halogenated alkanes) is 1. The van der Waals surface area contributed by atoms with E-state index in [1.807, 2.05) is 0 Å². The lowest BCUT2D eigenvalue weighted by molar-refractivity contribution is 0.857. The minimum Gasteiger partial charge on any atom is -0.575 e. The highest BCUT2D eigenvalue weighted by molar-refractivity contribution is 6.24. The van der Waals surface area contributed by atoms with E-state index in [0.717, 1.165) is 13.0 Å². The maximum absolute atomic E-state index is 5.01. The van der Waals surface area contributed by atoms with Crippen molar-refractivity contribution in [3.05, 3.63) is 4.84 Å². The summed E-state index contributed by atoms with van der Waals surface area (Å²) in [5.41, 5.74) is 0. The summed E-state index contributed by atoms with van der Waals surface area (Å²) in [6, 6.07) is 0. The molecule has 0 aromatic rings. The van der Waals surface area contributed by atoms with E-state index in [0.29, 0.717) is 0 Å². The second-order valence-electron chi connectivity index (χ2n) is 1.20. The van der Waals surface area contributed by atoms with Crippen LogP contribution in [-0.4, -0.2) is 6.54 Å². The molecule has 0 aromatic heterocycles. The Hall–Kier alpha value is 0.250. The van der Waals surface area contributed by atoms with E-state index >= 15 is 0 Å². The third-order valence-electron chi connectivity index (χ3n) is 0.596. The molecule has 0 bridgehead atoms. The second kappa shape index (κ2) is 5.25. The van der Waals surface area contributed by atoms with Crippen molar-refractivity contribution in [3.63, 3.8) is 0 Å². The van der Waals surface area contributed by atoms with Crippen LogP contribution < -0.4 is 0 Å². The van der Waals surface area contributed by atoms with Gasteiger partial charge in [0.2, 0.25) is 0 Å². The molecular formula is C4H9ClN-. The van der Waals surface area contributed by atoms with E-state index in [2.05, 4.69) is 11.8 Å². The quantitative estimate of drug-likeness (QED) is 0.491. The molecule has 0 aliphatic carbocycles. The fourth-order valence-electron chi connectivity index (χ4n) is 0.218. The van der Waals surface area contributed by atoms with Gasteiger partial charge < -0.3 is 4.84 Å². The minimum absolute atomic E-state index is 0.804. The highest BCUT2D eigenvalue weighted by Gasteiger charge is 1.65. The van der Waals surface area contributed by atoms with Crippen LogP contribution in [0.15, 0.2) is 0 Å². The highest BCUT2D eigenvalue weighted by Crippen LogP contribution is 1.95. The monoisotopic (exact) mass is 106 g/mol. The van der Waals surface area contributed by atoms with E-state index in [9.17, 15) is 0 Å². The van der Waals surface area contributed by atoms with Crippen molar-refractivity contribution in [1.29, 1.82) is 0 Å². The van der Waals surface area contributed by atoms with Gasteiger partial charge in [0.25, 0.3) is 0 Å². The van der Waals surface area contributed by atoms with Gasteiger partial charge in [-0.2, -0.15) is 0 Å². The van der Waals surface area contributed by atoms with E-state index in [1.165, 1.54) is 6.42 Å². The Balaban J connectivity index is 2.34. The third-order valence-corrected chi connectivity index (χ3v) is 0.765. The molecule has 0 unspecified atom stereocenters. The van der Waals surface area contributed by atoms with Crippen LogP contribution in [0, 0.1) is 0 Å². The van der Waals surface area contributed by atoms with E-state index in [4.69, 9.17) is 11.8 Å². The Bertz CT molecular complexity index is 19.5. The molecule has 0 saturated carbocycles. The lowest BCUT2D eigenvalue weighted by atomic mass is 10.3. The van der Waals surface area contributed by atoms with Gasteiger partial charge in [0, 0.05) is 0 Å². The van der Waals surface area contributed by atoms with Crippen LogP contribution >= 0.6 is 11.8 Å². The first-order valence-electron chi connectivity index (χ1n) is 2.19. The smallest absolute Gasteiger partial charge is 0.0578 e. The van der Waals surface area contributed by atoms with Gasteiger partial charge in [0.15, 0.2) is 0 Å². The second-order valence-corrected chi connectivity index (χ2v) is 1.44. The number of hydrogen-bond acceptors (Lipinski definition) is 0. The summed E-state index contributed by atoms with van der Waals surface area (Å²) >= 11 is 5.01. The molecule has 0 rings (SSSR count). The first-order valence-corrected chi connectivity index (χ1v) is 2.53. The summed E-state index contributed by atoms with van der Waals surface area (Å²) < 4.78 is 0. The lowest BCUT2D eigenvalue weighted by Gasteiger charge is -2.03. The molecule has 0 aliphatic heterocycles. The molecule has 2 heteroatoms. The van der Waals surface area contributed by atoms with Crippen molar-refractivity contribution >= 4 is 11.8 Å². The minimum atomic E-state index is 0.804. The van der Waals surface area contributed by atoms with Gasteiger partial charge in [-0.3, -0.25) is 11.8 Å². The van der Waals surface area contributed by atoms with Crippen LogP contribution in [0.4, 0.5) is 0 Å².